The van der Waals surface area contributed by atoms with Crippen LogP contribution in [0.3, 0.4) is 0 Å². The van der Waals surface area contributed by atoms with Gasteiger partial charge in [0.2, 0.25) is 5.95 Å². The van der Waals surface area contributed by atoms with Crippen molar-refractivity contribution in [3.8, 4) is 11.8 Å². The Balaban J connectivity index is 1.24. The smallest absolute Gasteiger partial charge is 0.295 e. The van der Waals surface area contributed by atoms with Crippen molar-refractivity contribution in [1.82, 2.24) is 25.3 Å². The predicted molar refractivity (Wildman–Crippen MR) is 134 cm³/mol. The Kier molecular flexibility index (Phi) is 6.28. The Bertz CT molecular complexity index is 1310. The molecule has 1 saturated heterocycles. The number of piperidine rings is 1. The number of carbonyl (C=O) groups excluding carboxylic acids is 1. The van der Waals surface area contributed by atoms with Crippen LogP contribution in [0.25, 0.3) is 0 Å². The number of nitrogens with one attached hydrogen (secondary N) is 1. The zero-order chi connectivity index (χ0) is 24.4. The summed E-state index contributed by atoms with van der Waals surface area (Å²) in [5, 5.41) is 4.00. The Morgan fingerprint density at radius 1 is 1.17 bits per heavy atom. The molecule has 9 nitrogen and oxygen atoms in total. The number of carbonyl (C=O) groups is 1. The fourth-order valence-electron chi connectivity index (χ4n) is 4.85. The Morgan fingerprint density at radius 3 is 2.71 bits per heavy atom. The number of nitrogens with two attached hydrogens (primary N) is 2. The molecule has 1 aromatic carbocycles. The van der Waals surface area contributed by atoms with Gasteiger partial charge in [0.15, 0.2) is 0 Å². The van der Waals surface area contributed by atoms with E-state index < -0.39 is 0 Å². The molecule has 1 aliphatic heterocycles. The number of amides is 1. The van der Waals surface area contributed by atoms with E-state index in [1.807, 2.05) is 18.3 Å². The maximum atomic E-state index is 11.5. The minimum Gasteiger partial charge on any atom is -0.368 e. The highest BCUT2D eigenvalue weighted by Gasteiger charge is 2.46. The van der Waals surface area contributed by atoms with Crippen LogP contribution in [0.2, 0.25) is 0 Å². The summed E-state index contributed by atoms with van der Waals surface area (Å²) in [5.74, 6) is 6.33. The minimum atomic E-state index is -0.299. The van der Waals surface area contributed by atoms with E-state index in [0.717, 1.165) is 59.3 Å². The van der Waals surface area contributed by atoms with Gasteiger partial charge in [-0.2, -0.15) is 0 Å². The van der Waals surface area contributed by atoms with Crippen LogP contribution in [0.5, 0.6) is 0 Å². The van der Waals surface area contributed by atoms with E-state index in [0.29, 0.717) is 0 Å². The molecule has 35 heavy (non-hydrogen) atoms. The monoisotopic (exact) mass is 486 g/mol. The Morgan fingerprint density at radius 2 is 2.00 bits per heavy atom. The summed E-state index contributed by atoms with van der Waals surface area (Å²) in [6.45, 7) is 1.74. The molecule has 1 atom stereocenters. The molecule has 1 spiro atoms. The lowest BCUT2D eigenvalue weighted by Gasteiger charge is -2.42. The van der Waals surface area contributed by atoms with Crippen molar-refractivity contribution < 1.29 is 4.79 Å². The van der Waals surface area contributed by atoms with Gasteiger partial charge in [0.25, 0.3) is 5.91 Å². The van der Waals surface area contributed by atoms with Gasteiger partial charge in [0.05, 0.1) is 12.4 Å². The predicted octanol–water partition coefficient (Wildman–Crippen LogP) is 1.94. The molecule has 178 valence electrons. The van der Waals surface area contributed by atoms with Gasteiger partial charge in [0.1, 0.15) is 15.9 Å². The first-order valence-corrected chi connectivity index (χ1v) is 12.2. The molecule has 0 unspecified atom stereocenters. The van der Waals surface area contributed by atoms with Crippen molar-refractivity contribution >= 4 is 29.4 Å². The molecule has 3 heterocycles. The first-order valence-electron chi connectivity index (χ1n) is 11.4. The van der Waals surface area contributed by atoms with Crippen LogP contribution in [-0.2, 0) is 11.2 Å². The number of hydrogen-bond acceptors (Lipinski definition) is 9. The SMILES string of the molecule is CNC(=O)C#Cc1ccc2c(c1)[C@@H](N)C1(CCN(c3cnc(Sc4ccnc(N)n4)cn3)CC1)C2. The largest absolute Gasteiger partial charge is 0.368 e. The number of rotatable bonds is 3. The summed E-state index contributed by atoms with van der Waals surface area (Å²) in [4.78, 5) is 31.0. The molecular formula is C25H26N8OS. The molecule has 2 aromatic heterocycles. The van der Waals surface area contributed by atoms with Gasteiger partial charge in [-0.1, -0.05) is 12.0 Å². The highest BCUT2D eigenvalue weighted by Crippen LogP contribution is 2.51. The topological polar surface area (TPSA) is 136 Å². The number of nitrogens with zero attached hydrogens (tertiary/aromatic N) is 5. The molecule has 2 aliphatic rings. The summed E-state index contributed by atoms with van der Waals surface area (Å²) >= 11 is 1.40. The van der Waals surface area contributed by atoms with Gasteiger partial charge in [-0.25, -0.2) is 19.9 Å². The van der Waals surface area contributed by atoms with Crippen LogP contribution >= 0.6 is 11.8 Å². The standard InChI is InChI=1S/C25H26N8OS/c1-28-20(34)5-3-16-2-4-17-13-25(23(26)18(17)12-16)7-10-33(11-8-25)19-14-31-22(15-30-19)35-21-6-9-29-24(27)32-21/h2,4,6,9,12,14-15,23H,7-8,10-11,13,26H2,1H3,(H,28,34)(H2,27,29,32)/t23-/m1/s1. The van der Waals surface area contributed by atoms with Crippen molar-refractivity contribution in [1.29, 1.82) is 0 Å². The normalized spacial score (nSPS) is 18.0. The van der Waals surface area contributed by atoms with Crippen molar-refractivity contribution in [2.24, 2.45) is 11.1 Å². The third-order valence-corrected chi connectivity index (χ3v) is 7.64. The lowest BCUT2D eigenvalue weighted by Crippen LogP contribution is -2.44. The van der Waals surface area contributed by atoms with Crippen LogP contribution < -0.4 is 21.7 Å². The second kappa shape index (κ2) is 9.52. The molecule has 0 saturated carbocycles. The average Bonchev–Trinajstić information content (AvgIpc) is 3.14. The zero-order valence-electron chi connectivity index (χ0n) is 19.4. The third-order valence-electron chi connectivity index (χ3n) is 6.79. The third kappa shape index (κ3) is 4.78. The fourth-order valence-corrected chi connectivity index (χ4v) is 5.54. The quantitative estimate of drug-likeness (QED) is 0.375. The maximum absolute atomic E-state index is 11.5. The molecule has 1 amide bonds. The Labute approximate surface area is 208 Å². The second-order valence-corrected chi connectivity index (χ2v) is 9.86. The molecule has 5 rings (SSSR count). The lowest BCUT2D eigenvalue weighted by molar-refractivity contribution is -0.115. The highest BCUT2D eigenvalue weighted by molar-refractivity contribution is 7.99. The molecule has 1 aliphatic carbocycles. The summed E-state index contributed by atoms with van der Waals surface area (Å²) in [5.41, 5.74) is 15.7. The van der Waals surface area contributed by atoms with Crippen LogP contribution in [-0.4, -0.2) is 46.0 Å². The van der Waals surface area contributed by atoms with Crippen LogP contribution in [0, 0.1) is 17.3 Å². The molecule has 5 N–H and O–H groups in total. The number of hydrogen-bond donors (Lipinski definition) is 3. The first-order chi connectivity index (χ1) is 17.0. The van der Waals surface area contributed by atoms with Crippen molar-refractivity contribution in [2.75, 3.05) is 30.8 Å². The number of aromatic nitrogens is 4. The molecule has 0 radical (unpaired) electrons. The summed E-state index contributed by atoms with van der Waals surface area (Å²) in [6, 6.07) is 7.87. The number of anilines is 2. The van der Waals surface area contributed by atoms with Crippen molar-refractivity contribution in [3.05, 3.63) is 59.5 Å². The van der Waals surface area contributed by atoms with Crippen LogP contribution in [0.15, 0.2) is 52.9 Å². The van der Waals surface area contributed by atoms with E-state index >= 15 is 0 Å². The molecule has 10 heteroatoms. The average molecular weight is 487 g/mol. The lowest BCUT2D eigenvalue weighted by atomic mass is 9.73. The zero-order valence-corrected chi connectivity index (χ0v) is 20.2. The van der Waals surface area contributed by atoms with E-state index in [4.69, 9.17) is 11.5 Å². The summed E-state index contributed by atoms with van der Waals surface area (Å²) in [6.07, 6.45) is 8.11. The van der Waals surface area contributed by atoms with E-state index in [1.54, 1.807) is 25.5 Å². The van der Waals surface area contributed by atoms with Gasteiger partial charge in [0, 0.05) is 43.9 Å². The highest BCUT2D eigenvalue weighted by atomic mass is 32.2. The van der Waals surface area contributed by atoms with E-state index in [2.05, 4.69) is 48.1 Å². The molecule has 0 bridgehead atoms. The summed E-state index contributed by atoms with van der Waals surface area (Å²) < 4.78 is 0. The van der Waals surface area contributed by atoms with Gasteiger partial charge < -0.3 is 21.7 Å². The van der Waals surface area contributed by atoms with Crippen molar-refractivity contribution in [3.63, 3.8) is 0 Å². The number of benzene rings is 1. The fraction of sp³-hybridized carbons (Fsp3) is 0.320. The second-order valence-electron chi connectivity index (χ2n) is 8.81. The van der Waals surface area contributed by atoms with Gasteiger partial charge in [-0.15, -0.1) is 0 Å². The summed E-state index contributed by atoms with van der Waals surface area (Å²) in [7, 11) is 1.57. The van der Waals surface area contributed by atoms with Gasteiger partial charge in [-0.3, -0.25) is 4.79 Å². The van der Waals surface area contributed by atoms with Crippen LogP contribution in [0.4, 0.5) is 11.8 Å². The molecule has 3 aromatic rings. The number of nitrogen functional groups attached to an aromatic ring is 1. The van der Waals surface area contributed by atoms with E-state index in [9.17, 15) is 4.79 Å². The molecule has 1 fully saturated rings. The van der Waals surface area contributed by atoms with Gasteiger partial charge >= 0.3 is 0 Å². The van der Waals surface area contributed by atoms with Crippen LogP contribution in [0.1, 0.15) is 35.6 Å². The number of fused-ring (bicyclic) bond motifs is 1. The van der Waals surface area contributed by atoms with E-state index in [1.165, 1.54) is 17.3 Å². The first kappa shape index (κ1) is 23.1. The maximum Gasteiger partial charge on any atom is 0.295 e. The Hall–Kier alpha value is -3.68. The minimum absolute atomic E-state index is 0.0296. The van der Waals surface area contributed by atoms with E-state index in [-0.39, 0.29) is 23.3 Å². The van der Waals surface area contributed by atoms with Crippen molar-refractivity contribution in [2.45, 2.75) is 35.4 Å². The van der Waals surface area contributed by atoms with Gasteiger partial charge in [-0.05, 0) is 65.8 Å². The molecular weight excluding hydrogens is 460 g/mol.